The predicted octanol–water partition coefficient (Wildman–Crippen LogP) is 3.95. The molecule has 0 amide bonds. The van der Waals surface area contributed by atoms with E-state index in [0.717, 1.165) is 27.8 Å². The molecular formula is C25H24N6O2. The number of aliphatic hydroxyl groups is 1. The van der Waals surface area contributed by atoms with Crippen LogP contribution < -0.4 is 10.9 Å². The number of aliphatic hydroxyl groups excluding tert-OH is 1. The Labute approximate surface area is 190 Å². The van der Waals surface area contributed by atoms with Gasteiger partial charge in [0.25, 0.3) is 5.56 Å². The van der Waals surface area contributed by atoms with Gasteiger partial charge in [0, 0.05) is 24.3 Å². The van der Waals surface area contributed by atoms with Crippen LogP contribution in [0.15, 0.2) is 78.2 Å². The first kappa shape index (κ1) is 20.7. The molecule has 0 spiro atoms. The van der Waals surface area contributed by atoms with Crippen molar-refractivity contribution < 1.29 is 5.11 Å². The Morgan fingerprint density at radius 3 is 2.73 bits per heavy atom. The van der Waals surface area contributed by atoms with Gasteiger partial charge in [0.2, 0.25) is 0 Å². The molecule has 0 aliphatic rings. The number of rotatable bonds is 6. The van der Waals surface area contributed by atoms with Gasteiger partial charge in [0.05, 0.1) is 35.2 Å². The Morgan fingerprint density at radius 1 is 1.15 bits per heavy atom. The second-order valence-electron chi connectivity index (χ2n) is 8.10. The highest BCUT2D eigenvalue weighted by molar-refractivity contribution is 5.86. The summed E-state index contributed by atoms with van der Waals surface area (Å²) in [5.74, 6) is 0.460. The van der Waals surface area contributed by atoms with E-state index in [2.05, 4.69) is 20.3 Å². The highest BCUT2D eigenvalue weighted by atomic mass is 16.3. The summed E-state index contributed by atoms with van der Waals surface area (Å²) in [4.78, 5) is 27.7. The van der Waals surface area contributed by atoms with Crippen LogP contribution in [0.2, 0.25) is 0 Å². The fourth-order valence-corrected chi connectivity index (χ4v) is 4.05. The lowest BCUT2D eigenvalue weighted by Gasteiger charge is -2.22. The lowest BCUT2D eigenvalue weighted by molar-refractivity contribution is 0.161. The molecule has 0 radical (unpaired) electrons. The molecule has 0 saturated heterocycles. The zero-order valence-electron chi connectivity index (χ0n) is 18.3. The van der Waals surface area contributed by atoms with Crippen molar-refractivity contribution in [1.82, 2.24) is 24.5 Å². The van der Waals surface area contributed by atoms with E-state index >= 15 is 0 Å². The van der Waals surface area contributed by atoms with Gasteiger partial charge in [-0.3, -0.25) is 4.79 Å². The van der Waals surface area contributed by atoms with E-state index in [1.165, 1.54) is 0 Å². The van der Waals surface area contributed by atoms with Crippen LogP contribution in [0.5, 0.6) is 0 Å². The molecule has 0 bridgehead atoms. The van der Waals surface area contributed by atoms with E-state index in [-0.39, 0.29) is 11.6 Å². The van der Waals surface area contributed by atoms with Crippen LogP contribution >= 0.6 is 0 Å². The number of benzene rings is 2. The number of aromatic nitrogens is 5. The Balaban J connectivity index is 1.53. The summed E-state index contributed by atoms with van der Waals surface area (Å²) in [6.07, 6.45) is 6.18. The van der Waals surface area contributed by atoms with Crippen LogP contribution in [0, 0.1) is 6.92 Å². The monoisotopic (exact) mass is 440 g/mol. The topological polar surface area (TPSA) is 112 Å². The molecule has 3 aromatic heterocycles. The van der Waals surface area contributed by atoms with Crippen molar-refractivity contribution in [3.8, 4) is 17.1 Å². The molecule has 2 aromatic carbocycles. The van der Waals surface area contributed by atoms with E-state index < -0.39 is 6.10 Å². The van der Waals surface area contributed by atoms with Crippen LogP contribution in [-0.2, 0) is 0 Å². The van der Waals surface area contributed by atoms with Crippen molar-refractivity contribution in [3.63, 3.8) is 0 Å². The number of pyridine rings is 1. The number of nitrogens with zero attached hydrogens (tertiary/aromatic N) is 3. The predicted molar refractivity (Wildman–Crippen MR) is 128 cm³/mol. The average molecular weight is 441 g/mol. The molecule has 8 nitrogen and oxygen atoms in total. The molecule has 0 unspecified atom stereocenters. The second-order valence-corrected chi connectivity index (χ2v) is 8.10. The number of aromatic amines is 2. The first-order valence-electron chi connectivity index (χ1n) is 10.7. The van der Waals surface area contributed by atoms with E-state index in [0.29, 0.717) is 17.1 Å². The Bertz CT molecular complexity index is 1450. The molecule has 8 heteroatoms. The number of hydrogen-bond acceptors (Lipinski definition) is 5. The molecule has 5 rings (SSSR count). The fourth-order valence-electron chi connectivity index (χ4n) is 4.05. The van der Waals surface area contributed by atoms with Crippen molar-refractivity contribution in [3.05, 3.63) is 94.9 Å². The number of fused-ring (bicyclic) bond motifs is 1. The molecule has 0 fully saturated rings. The third-order valence-corrected chi connectivity index (χ3v) is 5.76. The number of anilines is 1. The van der Waals surface area contributed by atoms with Crippen LogP contribution in [0.1, 0.15) is 24.2 Å². The molecular weight excluding hydrogens is 416 g/mol. The average Bonchev–Trinajstić information content (AvgIpc) is 3.49. The van der Waals surface area contributed by atoms with Gasteiger partial charge < -0.3 is 25.0 Å². The summed E-state index contributed by atoms with van der Waals surface area (Å²) in [5, 5.41) is 14.1. The maximum atomic E-state index is 12.8. The minimum Gasteiger partial charge on any atom is -0.386 e. The maximum Gasteiger partial charge on any atom is 0.261 e. The minimum atomic E-state index is -0.742. The van der Waals surface area contributed by atoms with Crippen LogP contribution in [0.3, 0.4) is 0 Å². The van der Waals surface area contributed by atoms with Gasteiger partial charge in [-0.1, -0.05) is 30.3 Å². The zero-order chi connectivity index (χ0) is 22.9. The quantitative estimate of drug-likeness (QED) is 0.320. The summed E-state index contributed by atoms with van der Waals surface area (Å²) in [5.41, 5.74) is 5.06. The lowest BCUT2D eigenvalue weighted by Crippen LogP contribution is -2.25. The van der Waals surface area contributed by atoms with Gasteiger partial charge >= 0.3 is 0 Å². The Kier molecular flexibility index (Phi) is 5.27. The van der Waals surface area contributed by atoms with Crippen LogP contribution in [-0.4, -0.2) is 35.7 Å². The second kappa shape index (κ2) is 8.40. The third-order valence-electron chi connectivity index (χ3n) is 5.76. The Hall–Kier alpha value is -4.17. The summed E-state index contributed by atoms with van der Waals surface area (Å²) in [6, 6.07) is 14.9. The zero-order valence-corrected chi connectivity index (χ0v) is 18.3. The molecule has 4 N–H and O–H groups in total. The first-order chi connectivity index (χ1) is 16.0. The van der Waals surface area contributed by atoms with E-state index in [1.54, 1.807) is 24.8 Å². The van der Waals surface area contributed by atoms with Gasteiger partial charge in [0.1, 0.15) is 11.4 Å². The Morgan fingerprint density at radius 2 is 1.97 bits per heavy atom. The van der Waals surface area contributed by atoms with Gasteiger partial charge in [0.15, 0.2) is 0 Å². The van der Waals surface area contributed by atoms with Crippen LogP contribution in [0.25, 0.3) is 28.1 Å². The fraction of sp³-hybridized carbons (Fsp3) is 0.160. The molecule has 0 saturated carbocycles. The number of hydrogen-bond donors (Lipinski definition) is 4. The molecule has 166 valence electrons. The molecule has 3 heterocycles. The molecule has 0 aliphatic heterocycles. The summed E-state index contributed by atoms with van der Waals surface area (Å²) >= 11 is 0. The number of aryl methyl sites for hydroxylation is 1. The standard InChI is InChI=1S/C25H24N6O2/c1-15-12-18(31-11-10-26-14-31)13-20-22(15)30-24(29-20)21-19(8-9-27-25(21)33)28-16(2)23(32)17-6-4-3-5-7-17/h3-14,16,23,32H,1-2H3,(H,29,30)(H2,27,28,33)/t16-,23-/m1/s1. The third kappa shape index (κ3) is 3.92. The maximum absolute atomic E-state index is 12.8. The van der Waals surface area contributed by atoms with Gasteiger partial charge in [-0.05, 0) is 43.2 Å². The normalized spacial score (nSPS) is 13.2. The summed E-state index contributed by atoms with van der Waals surface area (Å²) < 4.78 is 1.92. The number of nitrogens with one attached hydrogen (secondary N) is 3. The first-order valence-corrected chi connectivity index (χ1v) is 10.7. The van der Waals surface area contributed by atoms with Crippen molar-refractivity contribution in [2.45, 2.75) is 26.0 Å². The van der Waals surface area contributed by atoms with E-state index in [9.17, 15) is 9.90 Å². The minimum absolute atomic E-state index is 0.270. The highest BCUT2D eigenvalue weighted by Gasteiger charge is 2.21. The van der Waals surface area contributed by atoms with Crippen molar-refractivity contribution in [2.24, 2.45) is 0 Å². The largest absolute Gasteiger partial charge is 0.386 e. The van der Waals surface area contributed by atoms with Crippen molar-refractivity contribution in [2.75, 3.05) is 5.32 Å². The molecule has 33 heavy (non-hydrogen) atoms. The molecule has 0 aliphatic carbocycles. The SMILES string of the molecule is Cc1cc(-n2ccnc2)cc2[nH]c(-c3c(N[C@H](C)[C@@H](O)c4ccccc4)cc[nH]c3=O)nc12. The summed E-state index contributed by atoms with van der Waals surface area (Å²) in [6.45, 7) is 3.86. The van der Waals surface area contributed by atoms with Crippen molar-refractivity contribution >= 4 is 16.7 Å². The van der Waals surface area contributed by atoms with Crippen molar-refractivity contribution in [1.29, 1.82) is 0 Å². The van der Waals surface area contributed by atoms with Gasteiger partial charge in [-0.15, -0.1) is 0 Å². The van der Waals surface area contributed by atoms with E-state index in [1.807, 2.05) is 67.1 Å². The molecule has 5 aromatic rings. The summed E-state index contributed by atoms with van der Waals surface area (Å²) in [7, 11) is 0. The van der Waals surface area contributed by atoms with Gasteiger partial charge in [-0.2, -0.15) is 0 Å². The number of H-pyrrole nitrogens is 2. The smallest absolute Gasteiger partial charge is 0.261 e. The van der Waals surface area contributed by atoms with E-state index in [4.69, 9.17) is 4.98 Å². The lowest BCUT2D eigenvalue weighted by atomic mass is 10.0. The number of imidazole rings is 2. The highest BCUT2D eigenvalue weighted by Crippen LogP contribution is 2.29. The molecule has 2 atom stereocenters. The van der Waals surface area contributed by atoms with Gasteiger partial charge in [-0.25, -0.2) is 9.97 Å². The van der Waals surface area contributed by atoms with Crippen LogP contribution in [0.4, 0.5) is 5.69 Å².